The van der Waals surface area contributed by atoms with Crippen molar-refractivity contribution in [3.63, 3.8) is 0 Å². The number of nitrogens with zero attached hydrogens (tertiary/aromatic N) is 3. The summed E-state index contributed by atoms with van der Waals surface area (Å²) >= 11 is 0. The Hall–Kier alpha value is -1.66. The summed E-state index contributed by atoms with van der Waals surface area (Å²) in [4.78, 5) is 10.8. The fourth-order valence-corrected chi connectivity index (χ4v) is 1.65. The summed E-state index contributed by atoms with van der Waals surface area (Å²) in [5.74, 6) is 6.23. The predicted molar refractivity (Wildman–Crippen MR) is 76.4 cm³/mol. The molecule has 0 aliphatic carbocycles. The van der Waals surface area contributed by atoms with Crippen LogP contribution in [0.15, 0.2) is 29.4 Å². The zero-order chi connectivity index (χ0) is 13.9. The van der Waals surface area contributed by atoms with E-state index in [1.54, 1.807) is 13.3 Å². The lowest BCUT2D eigenvalue weighted by atomic mass is 10.3. The number of hydrogen-bond acceptors (Lipinski definition) is 4. The maximum Gasteiger partial charge on any atom is 0.208 e. The molecule has 0 saturated carbocycles. The minimum atomic E-state index is 0.684. The molecular weight excluding hydrogens is 242 g/mol. The highest BCUT2D eigenvalue weighted by Crippen LogP contribution is 2.01. The zero-order valence-electron chi connectivity index (χ0n) is 11.7. The van der Waals surface area contributed by atoms with Crippen molar-refractivity contribution in [3.8, 4) is 0 Å². The van der Waals surface area contributed by atoms with Gasteiger partial charge in [-0.2, -0.15) is 0 Å². The number of nitrogens with one attached hydrogen (secondary N) is 1. The van der Waals surface area contributed by atoms with E-state index >= 15 is 0 Å². The Morgan fingerprint density at radius 2 is 2.37 bits per heavy atom. The van der Waals surface area contributed by atoms with Gasteiger partial charge in [-0.15, -0.1) is 0 Å². The van der Waals surface area contributed by atoms with Crippen molar-refractivity contribution in [2.75, 3.05) is 26.8 Å². The average Bonchev–Trinajstić information content (AvgIpc) is 2.46. The highest BCUT2D eigenvalue weighted by atomic mass is 16.5. The quantitative estimate of drug-likeness (QED) is 0.250. The van der Waals surface area contributed by atoms with Crippen molar-refractivity contribution < 1.29 is 4.74 Å². The summed E-state index contributed by atoms with van der Waals surface area (Å²) < 4.78 is 5.00. The van der Waals surface area contributed by atoms with Gasteiger partial charge in [0.15, 0.2) is 0 Å². The molecule has 0 unspecified atom stereocenters. The van der Waals surface area contributed by atoms with Crippen molar-refractivity contribution >= 4 is 5.96 Å². The van der Waals surface area contributed by atoms with Crippen molar-refractivity contribution in [2.24, 2.45) is 10.8 Å². The van der Waals surface area contributed by atoms with E-state index in [1.165, 1.54) is 0 Å². The molecule has 0 aliphatic heterocycles. The van der Waals surface area contributed by atoms with Gasteiger partial charge in [0.05, 0.1) is 12.2 Å². The van der Waals surface area contributed by atoms with Crippen LogP contribution in [0, 0.1) is 0 Å². The van der Waals surface area contributed by atoms with Gasteiger partial charge >= 0.3 is 0 Å². The van der Waals surface area contributed by atoms with Crippen molar-refractivity contribution in [1.82, 2.24) is 15.3 Å². The third-order valence-electron chi connectivity index (χ3n) is 2.66. The number of aliphatic imine (C=N–C) groups is 1. The van der Waals surface area contributed by atoms with Crippen molar-refractivity contribution in [1.29, 1.82) is 0 Å². The smallest absolute Gasteiger partial charge is 0.208 e. The maximum absolute atomic E-state index is 5.54. The molecule has 19 heavy (non-hydrogen) atoms. The Kier molecular flexibility index (Phi) is 7.53. The van der Waals surface area contributed by atoms with Gasteiger partial charge < -0.3 is 9.64 Å². The number of nitrogens with two attached hydrogens (primary N) is 1. The molecule has 3 N–H and O–H groups in total. The summed E-state index contributed by atoms with van der Waals surface area (Å²) in [6.07, 6.45) is 2.66. The molecule has 0 radical (unpaired) electrons. The van der Waals surface area contributed by atoms with Crippen molar-refractivity contribution in [3.05, 3.63) is 30.1 Å². The lowest BCUT2D eigenvalue weighted by molar-refractivity contribution is 0.197. The largest absolute Gasteiger partial charge is 0.385 e. The van der Waals surface area contributed by atoms with Crippen LogP contribution in [0.5, 0.6) is 0 Å². The zero-order valence-corrected chi connectivity index (χ0v) is 11.7. The van der Waals surface area contributed by atoms with Crippen LogP contribution >= 0.6 is 0 Å². The second-order valence-electron chi connectivity index (χ2n) is 4.03. The molecule has 0 aliphatic rings. The molecule has 1 heterocycles. The molecule has 106 valence electrons. The van der Waals surface area contributed by atoms with Gasteiger partial charge in [0.2, 0.25) is 5.96 Å². The van der Waals surface area contributed by atoms with E-state index in [9.17, 15) is 0 Å². The van der Waals surface area contributed by atoms with Gasteiger partial charge in [-0.25, -0.2) is 5.84 Å². The van der Waals surface area contributed by atoms with Crippen LogP contribution in [0.4, 0.5) is 0 Å². The van der Waals surface area contributed by atoms with Gasteiger partial charge in [-0.1, -0.05) is 6.07 Å². The number of methoxy groups -OCH3 is 1. The molecule has 0 aromatic carbocycles. The third-order valence-corrected chi connectivity index (χ3v) is 2.66. The van der Waals surface area contributed by atoms with Crippen molar-refractivity contribution in [2.45, 2.75) is 19.9 Å². The third kappa shape index (κ3) is 5.67. The van der Waals surface area contributed by atoms with Gasteiger partial charge in [-0.05, 0) is 25.5 Å². The molecular formula is C13H23N5O. The van der Waals surface area contributed by atoms with E-state index in [1.807, 2.05) is 18.2 Å². The van der Waals surface area contributed by atoms with Crippen LogP contribution < -0.4 is 11.3 Å². The first-order valence-corrected chi connectivity index (χ1v) is 6.46. The van der Waals surface area contributed by atoms with Gasteiger partial charge in [-0.3, -0.25) is 15.4 Å². The summed E-state index contributed by atoms with van der Waals surface area (Å²) in [5, 5.41) is 0. The van der Waals surface area contributed by atoms with Gasteiger partial charge in [0, 0.05) is 33.0 Å². The minimum Gasteiger partial charge on any atom is -0.385 e. The van der Waals surface area contributed by atoms with Gasteiger partial charge in [0.25, 0.3) is 0 Å². The molecule has 6 heteroatoms. The number of ether oxygens (including phenoxy) is 1. The fraction of sp³-hybridized carbons (Fsp3) is 0.538. The van der Waals surface area contributed by atoms with E-state index < -0.39 is 0 Å². The molecule has 0 saturated heterocycles. The molecule has 0 fully saturated rings. The van der Waals surface area contributed by atoms with E-state index in [4.69, 9.17) is 10.6 Å². The fourth-order valence-electron chi connectivity index (χ4n) is 1.65. The number of aromatic nitrogens is 1. The summed E-state index contributed by atoms with van der Waals surface area (Å²) in [6, 6.07) is 5.86. The molecule has 6 nitrogen and oxygen atoms in total. The monoisotopic (exact) mass is 265 g/mol. The summed E-state index contributed by atoms with van der Waals surface area (Å²) in [5.41, 5.74) is 3.65. The highest BCUT2D eigenvalue weighted by Gasteiger charge is 2.09. The highest BCUT2D eigenvalue weighted by molar-refractivity contribution is 5.79. The minimum absolute atomic E-state index is 0.684. The number of guanidine groups is 1. The van der Waals surface area contributed by atoms with Crippen LogP contribution in [0.3, 0.4) is 0 Å². The normalized spacial score (nSPS) is 11.4. The van der Waals surface area contributed by atoms with Crippen LogP contribution in [0.25, 0.3) is 0 Å². The lowest BCUT2D eigenvalue weighted by Crippen LogP contribution is -2.44. The first kappa shape index (κ1) is 15.4. The summed E-state index contributed by atoms with van der Waals surface area (Å²) in [7, 11) is 1.69. The van der Waals surface area contributed by atoms with Crippen LogP contribution in [-0.2, 0) is 11.3 Å². The number of rotatable bonds is 7. The Labute approximate surface area is 114 Å². The van der Waals surface area contributed by atoms with Crippen LogP contribution in [-0.4, -0.2) is 42.6 Å². The van der Waals surface area contributed by atoms with E-state index in [2.05, 4.69) is 27.2 Å². The maximum atomic E-state index is 5.54. The number of hydrogen-bond donors (Lipinski definition) is 2. The standard InChI is InChI=1S/C13H23N5O/c1-3-18(11-12-7-4-5-8-15-12)13(17-14)16-9-6-10-19-2/h4-5,7-8H,3,6,9-11,14H2,1-2H3,(H,16,17). The second kappa shape index (κ2) is 9.29. The Bertz CT molecular complexity index is 369. The lowest BCUT2D eigenvalue weighted by Gasteiger charge is -2.23. The topological polar surface area (TPSA) is 75.8 Å². The molecule has 0 bridgehead atoms. The van der Waals surface area contributed by atoms with Gasteiger partial charge in [0.1, 0.15) is 0 Å². The predicted octanol–water partition coefficient (Wildman–Crippen LogP) is 0.759. The molecule has 0 spiro atoms. The first-order valence-electron chi connectivity index (χ1n) is 6.46. The Morgan fingerprint density at radius 1 is 1.53 bits per heavy atom. The van der Waals surface area contributed by atoms with E-state index in [-0.39, 0.29) is 0 Å². The molecule has 0 amide bonds. The second-order valence-corrected chi connectivity index (χ2v) is 4.03. The Balaban J connectivity index is 2.59. The summed E-state index contributed by atoms with van der Waals surface area (Å²) in [6.45, 7) is 4.94. The van der Waals surface area contributed by atoms with Crippen LogP contribution in [0.2, 0.25) is 0 Å². The molecule has 0 atom stereocenters. The van der Waals surface area contributed by atoms with E-state index in [0.29, 0.717) is 25.7 Å². The number of pyridine rings is 1. The average molecular weight is 265 g/mol. The first-order chi connectivity index (χ1) is 9.31. The Morgan fingerprint density at radius 3 is 2.95 bits per heavy atom. The van der Waals surface area contributed by atoms with Crippen LogP contribution in [0.1, 0.15) is 19.0 Å². The molecule has 1 aromatic rings. The molecule has 1 aromatic heterocycles. The SMILES string of the molecule is CCN(Cc1ccccn1)C(=NCCCOC)NN. The number of hydrazine groups is 1. The van der Waals surface area contributed by atoms with E-state index in [0.717, 1.165) is 18.7 Å². The molecule has 1 rings (SSSR count).